The van der Waals surface area contributed by atoms with Crippen molar-refractivity contribution in [2.24, 2.45) is 0 Å². The van der Waals surface area contributed by atoms with Crippen molar-refractivity contribution < 1.29 is 9.63 Å². The van der Waals surface area contributed by atoms with E-state index in [0.717, 1.165) is 0 Å². The molecule has 0 aliphatic carbocycles. The summed E-state index contributed by atoms with van der Waals surface area (Å²) in [6.07, 6.45) is 0.897. The number of hydrogen-bond donors (Lipinski definition) is 1. The molecular formula is C15H20N2O2. The Hall–Kier alpha value is -1.68. The molecule has 2 atom stereocenters. The van der Waals surface area contributed by atoms with Gasteiger partial charge in [0.15, 0.2) is 5.82 Å². The van der Waals surface area contributed by atoms with Crippen LogP contribution in [0.4, 0.5) is 0 Å². The predicted octanol–water partition coefficient (Wildman–Crippen LogP) is 2.84. The van der Waals surface area contributed by atoms with E-state index in [1.165, 1.54) is 11.1 Å². The molecule has 0 bridgehead atoms. The highest BCUT2D eigenvalue weighted by atomic mass is 16.5. The second-order valence-corrected chi connectivity index (χ2v) is 4.92. The number of benzene rings is 1. The van der Waals surface area contributed by atoms with Gasteiger partial charge in [-0.3, -0.25) is 0 Å². The third-order valence-corrected chi connectivity index (χ3v) is 3.48. The number of aryl methyl sites for hydroxylation is 1. The molecule has 0 radical (unpaired) electrons. The van der Waals surface area contributed by atoms with Crippen LogP contribution in [0.5, 0.6) is 0 Å². The standard InChI is InChI=1S/C15H20N2O2/c1-4-13(18)11(3)15-16-14(17-19-15)9-12-8-6-5-7-10(12)2/h5-8,11,13,18H,4,9H2,1-3H3. The zero-order chi connectivity index (χ0) is 13.8. The predicted molar refractivity (Wildman–Crippen MR) is 73.0 cm³/mol. The zero-order valence-corrected chi connectivity index (χ0v) is 11.6. The van der Waals surface area contributed by atoms with E-state index in [4.69, 9.17) is 4.52 Å². The first-order chi connectivity index (χ1) is 9.11. The lowest BCUT2D eigenvalue weighted by Crippen LogP contribution is -2.14. The summed E-state index contributed by atoms with van der Waals surface area (Å²) in [7, 11) is 0. The molecule has 0 aliphatic rings. The van der Waals surface area contributed by atoms with Gasteiger partial charge in [-0.15, -0.1) is 0 Å². The molecule has 1 heterocycles. The van der Waals surface area contributed by atoms with E-state index in [1.807, 2.05) is 26.0 Å². The van der Waals surface area contributed by atoms with Crippen molar-refractivity contribution in [1.29, 1.82) is 0 Å². The van der Waals surface area contributed by atoms with Crippen LogP contribution in [0, 0.1) is 6.92 Å². The van der Waals surface area contributed by atoms with Crippen LogP contribution in [-0.4, -0.2) is 21.4 Å². The number of aliphatic hydroxyl groups excluding tert-OH is 1. The fourth-order valence-electron chi connectivity index (χ4n) is 2.02. The van der Waals surface area contributed by atoms with Gasteiger partial charge < -0.3 is 9.63 Å². The molecule has 2 aromatic rings. The number of hydrogen-bond acceptors (Lipinski definition) is 4. The fourth-order valence-corrected chi connectivity index (χ4v) is 2.02. The molecule has 0 aliphatic heterocycles. The van der Waals surface area contributed by atoms with Gasteiger partial charge in [0.2, 0.25) is 5.89 Å². The van der Waals surface area contributed by atoms with E-state index in [0.29, 0.717) is 24.6 Å². The summed E-state index contributed by atoms with van der Waals surface area (Å²) in [5.41, 5.74) is 2.41. The molecule has 2 rings (SSSR count). The zero-order valence-electron chi connectivity index (χ0n) is 11.6. The molecule has 1 N–H and O–H groups in total. The SMILES string of the molecule is CCC(O)C(C)c1nc(Cc2ccccc2C)no1. The molecule has 19 heavy (non-hydrogen) atoms. The van der Waals surface area contributed by atoms with E-state index < -0.39 is 6.10 Å². The largest absolute Gasteiger partial charge is 0.392 e. The van der Waals surface area contributed by atoms with Crippen LogP contribution in [0.15, 0.2) is 28.8 Å². The first kappa shape index (κ1) is 13.7. The van der Waals surface area contributed by atoms with E-state index in [-0.39, 0.29) is 5.92 Å². The average Bonchev–Trinajstić information content (AvgIpc) is 2.88. The molecule has 0 saturated carbocycles. The second kappa shape index (κ2) is 5.97. The molecule has 0 spiro atoms. The van der Waals surface area contributed by atoms with E-state index >= 15 is 0 Å². The van der Waals surface area contributed by atoms with Gasteiger partial charge in [0, 0.05) is 6.42 Å². The molecule has 102 valence electrons. The Kier molecular flexibility index (Phi) is 4.32. The van der Waals surface area contributed by atoms with Crippen molar-refractivity contribution in [2.75, 3.05) is 0 Å². The Balaban J connectivity index is 2.12. The first-order valence-electron chi connectivity index (χ1n) is 6.66. The highest BCUT2D eigenvalue weighted by molar-refractivity contribution is 5.28. The smallest absolute Gasteiger partial charge is 0.232 e. The van der Waals surface area contributed by atoms with Crippen LogP contribution in [0.25, 0.3) is 0 Å². The quantitative estimate of drug-likeness (QED) is 0.898. The van der Waals surface area contributed by atoms with Gasteiger partial charge in [0.05, 0.1) is 12.0 Å². The average molecular weight is 260 g/mol. The molecule has 4 nitrogen and oxygen atoms in total. The van der Waals surface area contributed by atoms with Crippen molar-refractivity contribution in [3.05, 3.63) is 47.1 Å². The minimum Gasteiger partial charge on any atom is -0.392 e. The summed E-state index contributed by atoms with van der Waals surface area (Å²) in [6, 6.07) is 8.16. The minimum absolute atomic E-state index is 0.122. The fraction of sp³-hybridized carbons (Fsp3) is 0.467. The van der Waals surface area contributed by atoms with E-state index in [9.17, 15) is 5.11 Å². The Bertz CT molecular complexity index is 536. The van der Waals surface area contributed by atoms with Crippen molar-refractivity contribution in [3.63, 3.8) is 0 Å². The van der Waals surface area contributed by atoms with Crippen LogP contribution in [0.2, 0.25) is 0 Å². The van der Waals surface area contributed by atoms with Crippen molar-refractivity contribution in [3.8, 4) is 0 Å². The maximum atomic E-state index is 9.80. The second-order valence-electron chi connectivity index (χ2n) is 4.92. The van der Waals surface area contributed by atoms with Crippen LogP contribution in [0.1, 0.15) is 49.0 Å². The van der Waals surface area contributed by atoms with Crippen LogP contribution >= 0.6 is 0 Å². The van der Waals surface area contributed by atoms with Crippen molar-refractivity contribution in [1.82, 2.24) is 10.1 Å². The summed E-state index contributed by atoms with van der Waals surface area (Å²) in [6.45, 7) is 5.91. The molecular weight excluding hydrogens is 240 g/mol. The minimum atomic E-state index is -0.438. The maximum Gasteiger partial charge on any atom is 0.232 e. The van der Waals surface area contributed by atoms with Gasteiger partial charge in [0.1, 0.15) is 0 Å². The van der Waals surface area contributed by atoms with Crippen LogP contribution < -0.4 is 0 Å². The van der Waals surface area contributed by atoms with E-state index in [1.54, 1.807) is 0 Å². The highest BCUT2D eigenvalue weighted by Crippen LogP contribution is 2.20. The number of aliphatic hydroxyl groups is 1. The van der Waals surface area contributed by atoms with Crippen molar-refractivity contribution >= 4 is 0 Å². The maximum absolute atomic E-state index is 9.80. The third-order valence-electron chi connectivity index (χ3n) is 3.48. The molecule has 4 heteroatoms. The summed E-state index contributed by atoms with van der Waals surface area (Å²) in [4.78, 5) is 4.38. The lowest BCUT2D eigenvalue weighted by molar-refractivity contribution is 0.129. The van der Waals surface area contributed by atoms with Gasteiger partial charge in [0.25, 0.3) is 0 Å². The monoisotopic (exact) mass is 260 g/mol. The Labute approximate surface area is 113 Å². The number of aromatic nitrogens is 2. The Morgan fingerprint density at radius 2 is 2.05 bits per heavy atom. The van der Waals surface area contributed by atoms with Gasteiger partial charge in [-0.25, -0.2) is 0 Å². The summed E-state index contributed by atoms with van der Waals surface area (Å²) < 4.78 is 5.24. The van der Waals surface area contributed by atoms with Crippen molar-refractivity contribution in [2.45, 2.75) is 45.6 Å². The Morgan fingerprint density at radius 3 is 2.74 bits per heavy atom. The van der Waals surface area contributed by atoms with Gasteiger partial charge in [-0.2, -0.15) is 4.98 Å². The number of rotatable bonds is 5. The van der Waals surface area contributed by atoms with Crippen LogP contribution in [0.3, 0.4) is 0 Å². The topological polar surface area (TPSA) is 59.2 Å². The highest BCUT2D eigenvalue weighted by Gasteiger charge is 2.21. The Morgan fingerprint density at radius 1 is 1.32 bits per heavy atom. The van der Waals surface area contributed by atoms with Crippen LogP contribution in [-0.2, 0) is 6.42 Å². The molecule has 0 saturated heterocycles. The summed E-state index contributed by atoms with van der Waals surface area (Å²) in [5.74, 6) is 1.06. The lowest BCUT2D eigenvalue weighted by Gasteiger charge is -2.11. The lowest BCUT2D eigenvalue weighted by atomic mass is 10.0. The molecule has 0 fully saturated rings. The third kappa shape index (κ3) is 3.20. The summed E-state index contributed by atoms with van der Waals surface area (Å²) >= 11 is 0. The van der Waals surface area contributed by atoms with E-state index in [2.05, 4.69) is 29.2 Å². The first-order valence-corrected chi connectivity index (χ1v) is 6.66. The molecule has 2 unspecified atom stereocenters. The normalized spacial score (nSPS) is 14.3. The number of nitrogens with zero attached hydrogens (tertiary/aromatic N) is 2. The van der Waals surface area contributed by atoms with Gasteiger partial charge in [-0.1, -0.05) is 43.3 Å². The molecule has 1 aromatic carbocycles. The van der Waals surface area contributed by atoms with Gasteiger partial charge in [-0.05, 0) is 24.5 Å². The summed E-state index contributed by atoms with van der Waals surface area (Å²) in [5, 5.41) is 13.8. The molecule has 1 aromatic heterocycles. The van der Waals surface area contributed by atoms with Gasteiger partial charge >= 0.3 is 0 Å². The molecule has 0 amide bonds.